The molecule has 0 aliphatic carbocycles. The van der Waals surface area contributed by atoms with Crippen LogP contribution in [-0.2, 0) is 6.42 Å². The molecule has 2 rings (SSSR count). The molecule has 0 aromatic heterocycles. The van der Waals surface area contributed by atoms with Gasteiger partial charge >= 0.3 is 0 Å². The molecule has 1 N–H and O–H groups in total. The van der Waals surface area contributed by atoms with Crippen molar-refractivity contribution in [3.63, 3.8) is 0 Å². The molecule has 16 heavy (non-hydrogen) atoms. The van der Waals surface area contributed by atoms with Crippen LogP contribution in [0.4, 0.5) is 5.69 Å². The van der Waals surface area contributed by atoms with Gasteiger partial charge in [-0.05, 0) is 37.9 Å². The summed E-state index contributed by atoms with van der Waals surface area (Å²) >= 11 is 0. The first-order chi connectivity index (χ1) is 7.83. The molecule has 0 amide bonds. The van der Waals surface area contributed by atoms with Gasteiger partial charge in [-0.3, -0.25) is 0 Å². The monoisotopic (exact) mass is 218 g/mol. The Hall–Kier alpha value is -1.02. The fraction of sp³-hybridized carbons (Fsp3) is 0.571. The van der Waals surface area contributed by atoms with E-state index < -0.39 is 0 Å². The minimum Gasteiger partial charge on any atom is -0.367 e. The highest BCUT2D eigenvalue weighted by Gasteiger charge is 2.22. The predicted molar refractivity (Wildman–Crippen MR) is 70.1 cm³/mol. The number of anilines is 1. The van der Waals surface area contributed by atoms with Crippen molar-refractivity contribution < 1.29 is 0 Å². The first-order valence-electron chi connectivity index (χ1n) is 6.38. The van der Waals surface area contributed by atoms with E-state index in [2.05, 4.69) is 48.3 Å². The normalized spacial score (nSPS) is 16.2. The molecule has 0 saturated heterocycles. The van der Waals surface area contributed by atoms with Gasteiger partial charge in [0.25, 0.3) is 0 Å². The van der Waals surface area contributed by atoms with Crippen LogP contribution in [-0.4, -0.2) is 25.7 Å². The SMILES string of the molecule is CCCNCC(C)N1CCc2ccccc21. The maximum absolute atomic E-state index is 3.50. The van der Waals surface area contributed by atoms with Gasteiger partial charge in [-0.2, -0.15) is 0 Å². The zero-order valence-corrected chi connectivity index (χ0v) is 10.4. The second-order valence-electron chi connectivity index (χ2n) is 4.63. The van der Waals surface area contributed by atoms with Gasteiger partial charge in [0.15, 0.2) is 0 Å². The Morgan fingerprint density at radius 2 is 2.19 bits per heavy atom. The number of hydrogen-bond donors (Lipinski definition) is 1. The van der Waals surface area contributed by atoms with Crippen LogP contribution in [0.1, 0.15) is 25.8 Å². The van der Waals surface area contributed by atoms with E-state index in [1.165, 1.54) is 30.6 Å². The summed E-state index contributed by atoms with van der Waals surface area (Å²) in [5, 5.41) is 3.50. The molecule has 1 aliphatic heterocycles. The molecule has 2 nitrogen and oxygen atoms in total. The van der Waals surface area contributed by atoms with Crippen molar-refractivity contribution in [1.82, 2.24) is 5.32 Å². The molecule has 1 aliphatic rings. The molecule has 1 unspecified atom stereocenters. The first kappa shape index (κ1) is 11.5. The van der Waals surface area contributed by atoms with E-state index in [-0.39, 0.29) is 0 Å². The van der Waals surface area contributed by atoms with E-state index in [9.17, 15) is 0 Å². The molecule has 88 valence electrons. The predicted octanol–water partition coefficient (Wildman–Crippen LogP) is 2.44. The maximum Gasteiger partial charge on any atom is 0.0402 e. The summed E-state index contributed by atoms with van der Waals surface area (Å²) in [6.07, 6.45) is 2.41. The molecule has 1 heterocycles. The van der Waals surface area contributed by atoms with Crippen LogP contribution in [0.25, 0.3) is 0 Å². The van der Waals surface area contributed by atoms with Gasteiger partial charge in [-0.25, -0.2) is 0 Å². The van der Waals surface area contributed by atoms with Crippen LogP contribution in [0.15, 0.2) is 24.3 Å². The summed E-state index contributed by atoms with van der Waals surface area (Å²) in [7, 11) is 0. The molecule has 0 saturated carbocycles. The van der Waals surface area contributed by atoms with E-state index in [1.807, 2.05) is 0 Å². The average Bonchev–Trinajstić information content (AvgIpc) is 2.73. The highest BCUT2D eigenvalue weighted by molar-refractivity contribution is 5.58. The number of benzene rings is 1. The standard InChI is InChI=1S/C14H22N2/c1-3-9-15-11-12(2)16-10-8-13-6-4-5-7-14(13)16/h4-7,12,15H,3,8-11H2,1-2H3. The Kier molecular flexibility index (Phi) is 3.83. The number of hydrogen-bond acceptors (Lipinski definition) is 2. The molecule has 1 aromatic rings. The Bertz CT molecular complexity index is 335. The quantitative estimate of drug-likeness (QED) is 0.764. The van der Waals surface area contributed by atoms with Crippen molar-refractivity contribution >= 4 is 5.69 Å². The first-order valence-corrected chi connectivity index (χ1v) is 6.38. The number of fused-ring (bicyclic) bond motifs is 1. The topological polar surface area (TPSA) is 15.3 Å². The van der Waals surface area contributed by atoms with E-state index >= 15 is 0 Å². The molecular weight excluding hydrogens is 196 g/mol. The molecule has 0 fully saturated rings. The molecular formula is C14H22N2. The van der Waals surface area contributed by atoms with Crippen molar-refractivity contribution in [3.05, 3.63) is 29.8 Å². The summed E-state index contributed by atoms with van der Waals surface area (Å²) in [6.45, 7) is 7.91. The van der Waals surface area contributed by atoms with Crippen LogP contribution >= 0.6 is 0 Å². The van der Waals surface area contributed by atoms with E-state index in [0.29, 0.717) is 6.04 Å². The highest BCUT2D eigenvalue weighted by atomic mass is 15.2. The molecule has 0 spiro atoms. The summed E-state index contributed by atoms with van der Waals surface area (Å²) < 4.78 is 0. The van der Waals surface area contributed by atoms with Crippen molar-refractivity contribution in [3.8, 4) is 0 Å². The maximum atomic E-state index is 3.50. The minimum atomic E-state index is 0.593. The van der Waals surface area contributed by atoms with Crippen LogP contribution in [0.5, 0.6) is 0 Å². The molecule has 1 aromatic carbocycles. The molecule has 0 radical (unpaired) electrons. The van der Waals surface area contributed by atoms with Crippen molar-refractivity contribution in [2.24, 2.45) is 0 Å². The number of para-hydroxylation sites is 1. The highest BCUT2D eigenvalue weighted by Crippen LogP contribution is 2.28. The lowest BCUT2D eigenvalue weighted by molar-refractivity contribution is 0.569. The van der Waals surface area contributed by atoms with Crippen LogP contribution in [0.3, 0.4) is 0 Å². The van der Waals surface area contributed by atoms with Crippen LogP contribution in [0.2, 0.25) is 0 Å². The Morgan fingerprint density at radius 1 is 1.38 bits per heavy atom. The summed E-state index contributed by atoms with van der Waals surface area (Å²) in [5.41, 5.74) is 2.94. The average molecular weight is 218 g/mol. The smallest absolute Gasteiger partial charge is 0.0402 e. The van der Waals surface area contributed by atoms with Gasteiger partial charge in [-0.1, -0.05) is 25.1 Å². The second-order valence-corrected chi connectivity index (χ2v) is 4.63. The van der Waals surface area contributed by atoms with Gasteiger partial charge in [0.1, 0.15) is 0 Å². The Balaban J connectivity index is 1.96. The van der Waals surface area contributed by atoms with Crippen molar-refractivity contribution in [1.29, 1.82) is 0 Å². The molecule has 0 bridgehead atoms. The number of nitrogens with zero attached hydrogens (tertiary/aromatic N) is 1. The fourth-order valence-corrected chi connectivity index (χ4v) is 2.42. The zero-order chi connectivity index (χ0) is 11.4. The summed E-state index contributed by atoms with van der Waals surface area (Å²) in [4.78, 5) is 2.53. The minimum absolute atomic E-state index is 0.593. The third-order valence-electron chi connectivity index (χ3n) is 3.32. The lowest BCUT2D eigenvalue weighted by Gasteiger charge is -2.27. The largest absolute Gasteiger partial charge is 0.367 e. The van der Waals surface area contributed by atoms with Gasteiger partial charge in [0.2, 0.25) is 0 Å². The molecule has 2 heteroatoms. The van der Waals surface area contributed by atoms with Gasteiger partial charge in [0, 0.05) is 24.8 Å². The van der Waals surface area contributed by atoms with Gasteiger partial charge < -0.3 is 10.2 Å². The van der Waals surface area contributed by atoms with E-state index in [1.54, 1.807) is 0 Å². The van der Waals surface area contributed by atoms with Crippen LogP contribution in [0, 0.1) is 0 Å². The van der Waals surface area contributed by atoms with Gasteiger partial charge in [0.05, 0.1) is 0 Å². The van der Waals surface area contributed by atoms with E-state index in [0.717, 1.165) is 13.1 Å². The fourth-order valence-electron chi connectivity index (χ4n) is 2.42. The lowest BCUT2D eigenvalue weighted by Crippen LogP contribution is -2.39. The zero-order valence-electron chi connectivity index (χ0n) is 10.4. The van der Waals surface area contributed by atoms with Crippen LogP contribution < -0.4 is 10.2 Å². The van der Waals surface area contributed by atoms with Crippen molar-refractivity contribution in [2.75, 3.05) is 24.5 Å². The number of nitrogens with one attached hydrogen (secondary N) is 1. The van der Waals surface area contributed by atoms with Gasteiger partial charge in [-0.15, -0.1) is 0 Å². The third-order valence-corrected chi connectivity index (χ3v) is 3.32. The third kappa shape index (κ3) is 2.38. The summed E-state index contributed by atoms with van der Waals surface area (Å²) in [6, 6.07) is 9.38. The Labute approximate surface area is 98.7 Å². The Morgan fingerprint density at radius 3 is 3.00 bits per heavy atom. The summed E-state index contributed by atoms with van der Waals surface area (Å²) in [5.74, 6) is 0. The van der Waals surface area contributed by atoms with Crippen molar-refractivity contribution in [2.45, 2.75) is 32.7 Å². The molecule has 1 atom stereocenters. The second kappa shape index (κ2) is 5.35. The lowest BCUT2D eigenvalue weighted by atomic mass is 10.2. The van der Waals surface area contributed by atoms with E-state index in [4.69, 9.17) is 0 Å². The number of rotatable bonds is 5.